The lowest BCUT2D eigenvalue weighted by atomic mass is 10.1. The van der Waals surface area contributed by atoms with Gasteiger partial charge in [0, 0.05) is 26.3 Å². The fourth-order valence-electron chi connectivity index (χ4n) is 2.48. The molecule has 0 aliphatic carbocycles. The molecule has 110 valence electrons. The van der Waals surface area contributed by atoms with Crippen LogP contribution in [0.1, 0.15) is 35.3 Å². The molecule has 0 radical (unpaired) electrons. The molecule has 1 aromatic heterocycles. The van der Waals surface area contributed by atoms with Crippen LogP contribution in [0.2, 0.25) is 0 Å². The van der Waals surface area contributed by atoms with Crippen molar-refractivity contribution in [2.24, 2.45) is 0 Å². The van der Waals surface area contributed by atoms with Crippen LogP contribution >= 0.6 is 0 Å². The average molecular weight is 277 g/mol. The van der Waals surface area contributed by atoms with Crippen molar-refractivity contribution in [2.45, 2.75) is 26.2 Å². The molecular weight excluding hydrogens is 254 g/mol. The number of nitrogen functional groups attached to an aromatic ring is 1. The minimum Gasteiger partial charge on any atom is -0.368 e. The van der Waals surface area contributed by atoms with Gasteiger partial charge in [0.2, 0.25) is 5.95 Å². The summed E-state index contributed by atoms with van der Waals surface area (Å²) in [6, 6.07) is 0. The van der Waals surface area contributed by atoms with E-state index in [2.05, 4.69) is 14.9 Å². The molecule has 1 aliphatic heterocycles. The standard InChI is InChI=1S/C14H23N5O/c1-11-12(10-16-14(15)17-11)13(20)18(2)8-9-19-6-4-3-5-7-19/h10H,3-9H2,1-2H3,(H2,15,16,17). The Morgan fingerprint density at radius 1 is 1.40 bits per heavy atom. The molecule has 2 rings (SSSR count). The summed E-state index contributed by atoms with van der Waals surface area (Å²) in [5.41, 5.74) is 6.67. The summed E-state index contributed by atoms with van der Waals surface area (Å²) in [5, 5.41) is 0. The molecule has 20 heavy (non-hydrogen) atoms. The van der Waals surface area contributed by atoms with Crippen LogP contribution in [-0.4, -0.2) is 58.9 Å². The summed E-state index contributed by atoms with van der Waals surface area (Å²) < 4.78 is 0. The van der Waals surface area contributed by atoms with Crippen molar-refractivity contribution in [1.82, 2.24) is 19.8 Å². The van der Waals surface area contributed by atoms with Gasteiger partial charge < -0.3 is 15.5 Å². The first-order valence-electron chi connectivity index (χ1n) is 7.15. The number of amides is 1. The minimum atomic E-state index is -0.0421. The Labute approximate surface area is 120 Å². The summed E-state index contributed by atoms with van der Waals surface area (Å²) in [7, 11) is 1.82. The lowest BCUT2D eigenvalue weighted by Gasteiger charge is -2.28. The van der Waals surface area contributed by atoms with Crippen LogP contribution in [-0.2, 0) is 0 Å². The van der Waals surface area contributed by atoms with E-state index in [1.54, 1.807) is 11.8 Å². The molecule has 6 nitrogen and oxygen atoms in total. The predicted octanol–water partition coefficient (Wildman–Crippen LogP) is 0.925. The van der Waals surface area contributed by atoms with Crippen molar-refractivity contribution in [1.29, 1.82) is 0 Å². The van der Waals surface area contributed by atoms with Crippen LogP contribution in [0, 0.1) is 6.92 Å². The van der Waals surface area contributed by atoms with Crippen molar-refractivity contribution in [3.8, 4) is 0 Å². The second kappa shape index (κ2) is 6.65. The van der Waals surface area contributed by atoms with E-state index in [0.717, 1.165) is 26.2 Å². The highest BCUT2D eigenvalue weighted by molar-refractivity contribution is 5.94. The Bertz CT molecular complexity index is 471. The average Bonchev–Trinajstić information content (AvgIpc) is 2.45. The molecule has 0 aromatic carbocycles. The highest BCUT2D eigenvalue weighted by Gasteiger charge is 2.17. The number of likely N-dealkylation sites (tertiary alicyclic amines) is 1. The zero-order valence-corrected chi connectivity index (χ0v) is 12.3. The van der Waals surface area contributed by atoms with Crippen molar-refractivity contribution in [3.05, 3.63) is 17.5 Å². The zero-order valence-electron chi connectivity index (χ0n) is 12.3. The maximum absolute atomic E-state index is 12.3. The molecule has 1 saturated heterocycles. The Morgan fingerprint density at radius 3 is 2.75 bits per heavy atom. The highest BCUT2D eigenvalue weighted by atomic mass is 16.2. The lowest BCUT2D eigenvalue weighted by molar-refractivity contribution is 0.0771. The van der Waals surface area contributed by atoms with E-state index >= 15 is 0 Å². The number of aromatic nitrogens is 2. The van der Waals surface area contributed by atoms with Gasteiger partial charge in [-0.25, -0.2) is 9.97 Å². The van der Waals surface area contributed by atoms with Crippen molar-refractivity contribution in [3.63, 3.8) is 0 Å². The number of rotatable bonds is 4. The second-order valence-corrected chi connectivity index (χ2v) is 5.36. The summed E-state index contributed by atoms with van der Waals surface area (Å²) in [5.74, 6) is 0.162. The molecule has 1 amide bonds. The first-order chi connectivity index (χ1) is 9.58. The summed E-state index contributed by atoms with van der Waals surface area (Å²) >= 11 is 0. The van der Waals surface area contributed by atoms with Crippen molar-refractivity contribution >= 4 is 11.9 Å². The fraction of sp³-hybridized carbons (Fsp3) is 0.643. The van der Waals surface area contributed by atoms with Crippen LogP contribution < -0.4 is 5.73 Å². The first kappa shape index (κ1) is 14.7. The third-order valence-corrected chi connectivity index (χ3v) is 3.78. The van der Waals surface area contributed by atoms with Crippen LogP contribution in [0.5, 0.6) is 0 Å². The van der Waals surface area contributed by atoms with Crippen LogP contribution in [0.4, 0.5) is 5.95 Å². The number of likely N-dealkylation sites (N-methyl/N-ethyl adjacent to an activating group) is 1. The number of anilines is 1. The van der Waals surface area contributed by atoms with E-state index in [-0.39, 0.29) is 11.9 Å². The molecular formula is C14H23N5O. The number of carbonyl (C=O) groups is 1. The molecule has 1 aliphatic rings. The molecule has 0 bridgehead atoms. The Kier molecular flexibility index (Phi) is 4.89. The topological polar surface area (TPSA) is 75.3 Å². The van der Waals surface area contributed by atoms with E-state index in [4.69, 9.17) is 5.73 Å². The molecule has 0 spiro atoms. The van der Waals surface area contributed by atoms with Gasteiger partial charge in [0.25, 0.3) is 5.91 Å². The lowest BCUT2D eigenvalue weighted by Crippen LogP contribution is -2.38. The normalized spacial score (nSPS) is 16.1. The van der Waals surface area contributed by atoms with E-state index < -0.39 is 0 Å². The molecule has 1 aromatic rings. The highest BCUT2D eigenvalue weighted by Crippen LogP contribution is 2.10. The molecule has 6 heteroatoms. The molecule has 2 N–H and O–H groups in total. The second-order valence-electron chi connectivity index (χ2n) is 5.36. The van der Waals surface area contributed by atoms with Gasteiger partial charge in [-0.05, 0) is 32.9 Å². The smallest absolute Gasteiger partial charge is 0.257 e. The molecule has 1 fully saturated rings. The quantitative estimate of drug-likeness (QED) is 0.886. The van der Waals surface area contributed by atoms with Crippen LogP contribution in [0.25, 0.3) is 0 Å². The summed E-state index contributed by atoms with van der Waals surface area (Å²) in [6.45, 7) is 5.72. The maximum atomic E-state index is 12.3. The van der Waals surface area contributed by atoms with Gasteiger partial charge in [-0.1, -0.05) is 6.42 Å². The largest absolute Gasteiger partial charge is 0.368 e. The van der Waals surface area contributed by atoms with Crippen LogP contribution in [0.15, 0.2) is 6.20 Å². The van der Waals surface area contributed by atoms with E-state index in [1.807, 2.05) is 7.05 Å². The number of hydrogen-bond acceptors (Lipinski definition) is 5. The van der Waals surface area contributed by atoms with E-state index in [1.165, 1.54) is 25.5 Å². The van der Waals surface area contributed by atoms with Crippen LogP contribution in [0.3, 0.4) is 0 Å². The molecule has 0 saturated carbocycles. The number of hydrogen-bond donors (Lipinski definition) is 1. The summed E-state index contributed by atoms with van der Waals surface area (Å²) in [4.78, 5) is 24.4. The van der Waals surface area contributed by atoms with E-state index in [9.17, 15) is 4.79 Å². The number of nitrogens with zero attached hydrogens (tertiary/aromatic N) is 4. The van der Waals surface area contributed by atoms with Gasteiger partial charge in [-0.2, -0.15) is 0 Å². The monoisotopic (exact) mass is 277 g/mol. The third kappa shape index (κ3) is 3.66. The number of nitrogens with two attached hydrogens (primary N) is 1. The zero-order chi connectivity index (χ0) is 14.5. The Morgan fingerprint density at radius 2 is 2.10 bits per heavy atom. The minimum absolute atomic E-state index is 0.0421. The fourth-order valence-corrected chi connectivity index (χ4v) is 2.48. The Hall–Kier alpha value is -1.69. The van der Waals surface area contributed by atoms with Gasteiger partial charge in [-0.15, -0.1) is 0 Å². The van der Waals surface area contributed by atoms with E-state index in [0.29, 0.717) is 11.3 Å². The van der Waals surface area contributed by atoms with Gasteiger partial charge in [0.1, 0.15) is 0 Å². The van der Waals surface area contributed by atoms with Crippen molar-refractivity contribution < 1.29 is 4.79 Å². The van der Waals surface area contributed by atoms with Crippen molar-refractivity contribution in [2.75, 3.05) is 39.0 Å². The molecule has 0 atom stereocenters. The number of carbonyl (C=O) groups excluding carboxylic acids is 1. The molecule has 0 unspecified atom stereocenters. The number of aryl methyl sites for hydroxylation is 1. The van der Waals surface area contributed by atoms with Gasteiger partial charge >= 0.3 is 0 Å². The third-order valence-electron chi connectivity index (χ3n) is 3.78. The Balaban J connectivity index is 1.90. The maximum Gasteiger partial charge on any atom is 0.257 e. The molecule has 2 heterocycles. The number of piperidine rings is 1. The van der Waals surface area contributed by atoms with Gasteiger partial charge in [0.05, 0.1) is 11.3 Å². The first-order valence-corrected chi connectivity index (χ1v) is 7.15. The SMILES string of the molecule is Cc1nc(N)ncc1C(=O)N(C)CCN1CCCCC1. The van der Waals surface area contributed by atoms with Gasteiger partial charge in [-0.3, -0.25) is 4.79 Å². The predicted molar refractivity (Wildman–Crippen MR) is 78.4 cm³/mol. The van der Waals surface area contributed by atoms with Gasteiger partial charge in [0.15, 0.2) is 0 Å². The summed E-state index contributed by atoms with van der Waals surface area (Å²) in [6.07, 6.45) is 5.37.